The van der Waals surface area contributed by atoms with E-state index >= 15 is 0 Å². The first-order valence-corrected chi connectivity index (χ1v) is 5.10. The summed E-state index contributed by atoms with van der Waals surface area (Å²) >= 11 is 0. The van der Waals surface area contributed by atoms with Gasteiger partial charge in [-0.2, -0.15) is 0 Å². The lowest BCUT2D eigenvalue weighted by atomic mass is 9.81. The van der Waals surface area contributed by atoms with Crippen LogP contribution >= 0.6 is 0 Å². The van der Waals surface area contributed by atoms with Crippen molar-refractivity contribution in [3.05, 3.63) is 0 Å². The van der Waals surface area contributed by atoms with Crippen LogP contribution in [0.3, 0.4) is 0 Å². The molecule has 0 saturated carbocycles. The van der Waals surface area contributed by atoms with E-state index < -0.39 is 12.2 Å². The highest BCUT2D eigenvalue weighted by molar-refractivity contribution is 5.65. The number of morpholine rings is 1. The predicted octanol–water partition coefficient (Wildman–Crippen LogP) is 0.772. The zero-order valence-corrected chi connectivity index (χ0v) is 9.43. The summed E-state index contributed by atoms with van der Waals surface area (Å²) in [6.45, 7) is 6.42. The SMILES string of the molecule is CC(C)(C)C1[C@H](CO)OCCN1C(=O)O. The fourth-order valence-electron chi connectivity index (χ4n) is 2.13. The largest absolute Gasteiger partial charge is 0.465 e. The maximum absolute atomic E-state index is 11.1. The third-order valence-electron chi connectivity index (χ3n) is 2.67. The quantitative estimate of drug-likeness (QED) is 0.680. The average molecular weight is 217 g/mol. The number of nitrogens with zero attached hydrogens (tertiary/aromatic N) is 1. The molecule has 0 spiro atoms. The van der Waals surface area contributed by atoms with E-state index in [1.54, 1.807) is 0 Å². The molecular formula is C10H19NO4. The molecule has 1 aliphatic heterocycles. The van der Waals surface area contributed by atoms with Crippen LogP contribution in [0.1, 0.15) is 20.8 Å². The molecule has 2 atom stereocenters. The number of hydrogen-bond acceptors (Lipinski definition) is 3. The van der Waals surface area contributed by atoms with Crippen LogP contribution in [-0.4, -0.2) is 53.1 Å². The van der Waals surface area contributed by atoms with E-state index in [0.717, 1.165) is 0 Å². The second-order valence-corrected chi connectivity index (χ2v) is 4.88. The molecule has 5 heteroatoms. The monoisotopic (exact) mass is 217 g/mol. The minimum absolute atomic E-state index is 0.147. The van der Waals surface area contributed by atoms with E-state index in [2.05, 4.69) is 0 Å². The number of amides is 1. The molecule has 1 aliphatic rings. The lowest BCUT2D eigenvalue weighted by Gasteiger charge is -2.45. The first-order chi connectivity index (χ1) is 6.88. The summed E-state index contributed by atoms with van der Waals surface area (Å²) < 4.78 is 5.39. The van der Waals surface area contributed by atoms with Crippen molar-refractivity contribution in [2.75, 3.05) is 19.8 Å². The van der Waals surface area contributed by atoms with Crippen molar-refractivity contribution in [3.63, 3.8) is 0 Å². The Labute approximate surface area is 89.6 Å². The molecule has 88 valence electrons. The maximum Gasteiger partial charge on any atom is 0.407 e. The molecule has 1 heterocycles. The van der Waals surface area contributed by atoms with Crippen molar-refractivity contribution < 1.29 is 19.7 Å². The van der Waals surface area contributed by atoms with Gasteiger partial charge in [0.15, 0.2) is 0 Å². The van der Waals surface area contributed by atoms with Crippen molar-refractivity contribution in [2.45, 2.75) is 32.9 Å². The second kappa shape index (κ2) is 4.37. The molecule has 0 aromatic rings. The van der Waals surface area contributed by atoms with Crippen molar-refractivity contribution in [2.24, 2.45) is 5.41 Å². The number of rotatable bonds is 1. The Morgan fingerprint density at radius 1 is 1.53 bits per heavy atom. The third kappa shape index (κ3) is 2.60. The van der Waals surface area contributed by atoms with Crippen LogP contribution in [0.5, 0.6) is 0 Å². The van der Waals surface area contributed by atoms with Crippen LogP contribution in [0.15, 0.2) is 0 Å². The van der Waals surface area contributed by atoms with Crippen molar-refractivity contribution in [1.29, 1.82) is 0 Å². The number of ether oxygens (including phenoxy) is 1. The minimum atomic E-state index is -0.948. The van der Waals surface area contributed by atoms with Gasteiger partial charge in [-0.15, -0.1) is 0 Å². The van der Waals surface area contributed by atoms with E-state index in [-0.39, 0.29) is 18.1 Å². The van der Waals surface area contributed by atoms with E-state index in [1.807, 2.05) is 20.8 Å². The predicted molar refractivity (Wildman–Crippen MR) is 54.8 cm³/mol. The fraction of sp³-hybridized carbons (Fsp3) is 0.900. The summed E-state index contributed by atoms with van der Waals surface area (Å²) in [4.78, 5) is 12.4. The highest BCUT2D eigenvalue weighted by Gasteiger charge is 2.42. The third-order valence-corrected chi connectivity index (χ3v) is 2.67. The van der Waals surface area contributed by atoms with Gasteiger partial charge in [0.2, 0.25) is 0 Å². The van der Waals surface area contributed by atoms with Gasteiger partial charge in [0.25, 0.3) is 0 Å². The zero-order valence-electron chi connectivity index (χ0n) is 9.43. The summed E-state index contributed by atoms with van der Waals surface area (Å²) in [7, 11) is 0. The molecule has 0 aromatic heterocycles. The molecule has 0 bridgehead atoms. The van der Waals surface area contributed by atoms with Gasteiger partial charge in [-0.3, -0.25) is 4.90 Å². The van der Waals surface area contributed by atoms with Crippen molar-refractivity contribution >= 4 is 6.09 Å². The first kappa shape index (κ1) is 12.3. The van der Waals surface area contributed by atoms with Crippen LogP contribution in [0.25, 0.3) is 0 Å². The van der Waals surface area contributed by atoms with Crippen LogP contribution in [0.4, 0.5) is 4.79 Å². The van der Waals surface area contributed by atoms with Gasteiger partial charge in [0, 0.05) is 6.54 Å². The Bertz CT molecular complexity index is 236. The topological polar surface area (TPSA) is 70.0 Å². The summed E-state index contributed by atoms with van der Waals surface area (Å²) in [5, 5.41) is 18.3. The van der Waals surface area contributed by atoms with Gasteiger partial charge >= 0.3 is 6.09 Å². The molecule has 15 heavy (non-hydrogen) atoms. The molecule has 0 aromatic carbocycles. The smallest absolute Gasteiger partial charge is 0.407 e. The molecule has 1 saturated heterocycles. The summed E-state index contributed by atoms with van der Waals surface area (Å²) in [5.74, 6) is 0. The number of hydrogen-bond donors (Lipinski definition) is 2. The lowest BCUT2D eigenvalue weighted by molar-refractivity contribution is -0.111. The molecule has 0 radical (unpaired) electrons. The van der Waals surface area contributed by atoms with Crippen LogP contribution in [0.2, 0.25) is 0 Å². The Kier molecular flexibility index (Phi) is 3.57. The molecular weight excluding hydrogens is 198 g/mol. The first-order valence-electron chi connectivity index (χ1n) is 5.10. The molecule has 2 N–H and O–H groups in total. The van der Waals surface area contributed by atoms with Gasteiger partial charge in [-0.05, 0) is 5.41 Å². The Hall–Kier alpha value is -0.810. The van der Waals surface area contributed by atoms with Crippen LogP contribution in [-0.2, 0) is 4.74 Å². The second-order valence-electron chi connectivity index (χ2n) is 4.88. The van der Waals surface area contributed by atoms with Gasteiger partial charge in [0.1, 0.15) is 6.10 Å². The standard InChI is InChI=1S/C10H19NO4/c1-10(2,3)8-7(6-12)15-5-4-11(8)9(13)14/h7-8,12H,4-6H2,1-3H3,(H,13,14)/t7-,8?/m0/s1. The Morgan fingerprint density at radius 2 is 2.13 bits per heavy atom. The van der Waals surface area contributed by atoms with Gasteiger partial charge in [0.05, 0.1) is 19.3 Å². The molecule has 1 fully saturated rings. The maximum atomic E-state index is 11.1. The van der Waals surface area contributed by atoms with Gasteiger partial charge < -0.3 is 14.9 Å². The summed E-state index contributed by atoms with van der Waals surface area (Å²) in [5.41, 5.74) is -0.244. The van der Waals surface area contributed by atoms with E-state index in [4.69, 9.17) is 9.84 Å². The van der Waals surface area contributed by atoms with Crippen LogP contribution < -0.4 is 0 Å². The van der Waals surface area contributed by atoms with Crippen molar-refractivity contribution in [3.8, 4) is 0 Å². The Balaban J connectivity index is 2.91. The molecule has 1 amide bonds. The highest BCUT2D eigenvalue weighted by atomic mass is 16.5. The summed E-state index contributed by atoms with van der Waals surface area (Å²) in [6.07, 6.45) is -1.37. The molecule has 5 nitrogen and oxygen atoms in total. The fourth-order valence-corrected chi connectivity index (χ4v) is 2.13. The molecule has 1 rings (SSSR count). The van der Waals surface area contributed by atoms with Crippen LogP contribution in [0, 0.1) is 5.41 Å². The van der Waals surface area contributed by atoms with Gasteiger partial charge in [-0.1, -0.05) is 20.8 Å². The number of aliphatic hydroxyl groups is 1. The molecule has 0 aliphatic carbocycles. The van der Waals surface area contributed by atoms with Gasteiger partial charge in [-0.25, -0.2) is 4.79 Å². The number of carboxylic acid groups (broad SMARTS) is 1. The minimum Gasteiger partial charge on any atom is -0.465 e. The summed E-state index contributed by atoms with van der Waals surface area (Å²) in [6, 6.07) is -0.297. The average Bonchev–Trinajstić information content (AvgIpc) is 2.15. The highest BCUT2D eigenvalue weighted by Crippen LogP contribution is 2.30. The Morgan fingerprint density at radius 3 is 2.53 bits per heavy atom. The van der Waals surface area contributed by atoms with E-state index in [0.29, 0.717) is 13.2 Å². The zero-order chi connectivity index (χ0) is 11.6. The lowest BCUT2D eigenvalue weighted by Crippen LogP contribution is -2.59. The van der Waals surface area contributed by atoms with Crippen molar-refractivity contribution in [1.82, 2.24) is 4.90 Å². The van der Waals surface area contributed by atoms with E-state index in [1.165, 1.54) is 4.90 Å². The molecule has 1 unspecified atom stereocenters. The van der Waals surface area contributed by atoms with E-state index in [9.17, 15) is 9.90 Å². The number of carbonyl (C=O) groups is 1. The number of aliphatic hydroxyl groups excluding tert-OH is 1. The normalized spacial score (nSPS) is 27.9.